The summed E-state index contributed by atoms with van der Waals surface area (Å²) in [5.74, 6) is -0.123. The van der Waals surface area contributed by atoms with Crippen molar-refractivity contribution in [3.05, 3.63) is 30.3 Å². The highest BCUT2D eigenvalue weighted by Crippen LogP contribution is 2.10. The Labute approximate surface area is 125 Å². The maximum atomic E-state index is 11.8. The Morgan fingerprint density at radius 2 is 1.95 bits per heavy atom. The van der Waals surface area contributed by atoms with Crippen molar-refractivity contribution in [1.82, 2.24) is 5.32 Å². The van der Waals surface area contributed by atoms with Gasteiger partial charge in [0.05, 0.1) is 6.61 Å². The number of benzene rings is 1. The summed E-state index contributed by atoms with van der Waals surface area (Å²) < 4.78 is 5.55. The molecule has 0 aliphatic rings. The van der Waals surface area contributed by atoms with E-state index in [0.29, 0.717) is 32.4 Å². The maximum absolute atomic E-state index is 11.8. The highest BCUT2D eigenvalue weighted by Gasteiger charge is 2.12. The molecule has 5 heteroatoms. The van der Waals surface area contributed by atoms with E-state index in [1.807, 2.05) is 37.3 Å². The number of carbonyl (C=O) groups is 2. The Kier molecular flexibility index (Phi) is 7.94. The van der Waals surface area contributed by atoms with Crippen LogP contribution in [0.15, 0.2) is 30.3 Å². The van der Waals surface area contributed by atoms with Crippen LogP contribution in [0.2, 0.25) is 0 Å². The standard InChI is InChI=1S/C16H23NO4/c1-13(10-12-21-14-7-3-2-4-8-14)16(20)17-11-6-5-9-15(18)19/h2-4,7-8,13H,5-6,9-12H2,1H3,(H,17,20)(H,18,19). The molecule has 0 aliphatic heterocycles. The van der Waals surface area contributed by atoms with Gasteiger partial charge in [0.15, 0.2) is 0 Å². The van der Waals surface area contributed by atoms with E-state index >= 15 is 0 Å². The van der Waals surface area contributed by atoms with E-state index in [9.17, 15) is 9.59 Å². The fourth-order valence-electron chi connectivity index (χ4n) is 1.79. The maximum Gasteiger partial charge on any atom is 0.303 e. The average Bonchev–Trinajstić information content (AvgIpc) is 2.47. The summed E-state index contributed by atoms with van der Waals surface area (Å²) in [6.07, 6.45) is 2.07. The van der Waals surface area contributed by atoms with E-state index in [4.69, 9.17) is 9.84 Å². The second-order valence-electron chi connectivity index (χ2n) is 4.99. The molecule has 1 aromatic carbocycles. The van der Waals surface area contributed by atoms with Gasteiger partial charge in [0.25, 0.3) is 0 Å². The molecular formula is C16H23NO4. The van der Waals surface area contributed by atoms with E-state index in [1.165, 1.54) is 0 Å². The SMILES string of the molecule is CC(CCOc1ccccc1)C(=O)NCCCCC(=O)O. The zero-order valence-electron chi connectivity index (χ0n) is 12.4. The number of para-hydroxylation sites is 1. The molecule has 0 aromatic heterocycles. The molecule has 116 valence electrons. The van der Waals surface area contributed by atoms with Crippen LogP contribution in [0, 0.1) is 5.92 Å². The van der Waals surface area contributed by atoms with E-state index in [1.54, 1.807) is 0 Å². The third-order valence-corrected chi connectivity index (χ3v) is 3.13. The number of unbranched alkanes of at least 4 members (excludes halogenated alkanes) is 1. The molecule has 1 atom stereocenters. The van der Waals surface area contributed by atoms with Gasteiger partial charge in [0.2, 0.25) is 5.91 Å². The Bertz CT molecular complexity index is 433. The lowest BCUT2D eigenvalue weighted by atomic mass is 10.1. The van der Waals surface area contributed by atoms with Gasteiger partial charge in [-0.1, -0.05) is 25.1 Å². The number of ether oxygens (including phenoxy) is 1. The molecule has 0 heterocycles. The van der Waals surface area contributed by atoms with Crippen LogP contribution >= 0.6 is 0 Å². The largest absolute Gasteiger partial charge is 0.494 e. The number of carboxylic acids is 1. The smallest absolute Gasteiger partial charge is 0.303 e. The number of nitrogens with one attached hydrogen (secondary N) is 1. The van der Waals surface area contributed by atoms with Crippen LogP contribution in [-0.4, -0.2) is 30.1 Å². The van der Waals surface area contributed by atoms with Gasteiger partial charge < -0.3 is 15.2 Å². The van der Waals surface area contributed by atoms with Gasteiger partial charge in [-0.2, -0.15) is 0 Å². The van der Waals surface area contributed by atoms with Gasteiger partial charge in [0, 0.05) is 18.9 Å². The fourth-order valence-corrected chi connectivity index (χ4v) is 1.79. The van der Waals surface area contributed by atoms with Crippen LogP contribution in [0.1, 0.15) is 32.6 Å². The number of carbonyl (C=O) groups excluding carboxylic acids is 1. The first kappa shape index (κ1) is 17.0. The summed E-state index contributed by atoms with van der Waals surface area (Å²) in [4.78, 5) is 22.1. The zero-order chi connectivity index (χ0) is 15.5. The van der Waals surface area contributed by atoms with E-state index in [-0.39, 0.29) is 18.2 Å². The molecule has 2 N–H and O–H groups in total. The molecule has 1 amide bonds. The van der Waals surface area contributed by atoms with Crippen LogP contribution in [0.5, 0.6) is 5.75 Å². The predicted molar refractivity (Wildman–Crippen MR) is 80.2 cm³/mol. The van der Waals surface area contributed by atoms with Gasteiger partial charge in [-0.25, -0.2) is 0 Å². The summed E-state index contributed by atoms with van der Waals surface area (Å²) in [7, 11) is 0. The Hall–Kier alpha value is -2.04. The topological polar surface area (TPSA) is 75.6 Å². The minimum Gasteiger partial charge on any atom is -0.494 e. The quantitative estimate of drug-likeness (QED) is 0.650. The molecular weight excluding hydrogens is 270 g/mol. The van der Waals surface area contributed by atoms with Crippen molar-refractivity contribution >= 4 is 11.9 Å². The summed E-state index contributed by atoms with van der Waals surface area (Å²) in [6.45, 7) is 2.88. The number of hydrogen-bond donors (Lipinski definition) is 2. The van der Waals surface area contributed by atoms with Crippen molar-refractivity contribution in [3.8, 4) is 5.75 Å². The Morgan fingerprint density at radius 1 is 1.24 bits per heavy atom. The Morgan fingerprint density at radius 3 is 2.62 bits per heavy atom. The van der Waals surface area contributed by atoms with Gasteiger partial charge in [-0.05, 0) is 31.4 Å². The number of hydrogen-bond acceptors (Lipinski definition) is 3. The second-order valence-corrected chi connectivity index (χ2v) is 4.99. The first-order valence-corrected chi connectivity index (χ1v) is 7.27. The van der Waals surface area contributed by atoms with Crippen molar-refractivity contribution in [2.75, 3.05) is 13.2 Å². The van der Waals surface area contributed by atoms with Gasteiger partial charge in [0.1, 0.15) is 5.75 Å². The zero-order valence-corrected chi connectivity index (χ0v) is 12.4. The number of carboxylic acid groups (broad SMARTS) is 1. The molecule has 1 rings (SSSR count). The highest BCUT2D eigenvalue weighted by atomic mass is 16.5. The van der Waals surface area contributed by atoms with Gasteiger partial charge in [-0.15, -0.1) is 0 Å². The fraction of sp³-hybridized carbons (Fsp3) is 0.500. The average molecular weight is 293 g/mol. The van der Waals surface area contributed by atoms with Crippen LogP contribution in [0.25, 0.3) is 0 Å². The van der Waals surface area contributed by atoms with Crippen molar-refractivity contribution < 1.29 is 19.4 Å². The molecule has 0 fully saturated rings. The molecule has 0 radical (unpaired) electrons. The van der Waals surface area contributed by atoms with Crippen LogP contribution in [0.3, 0.4) is 0 Å². The first-order chi connectivity index (χ1) is 10.1. The summed E-state index contributed by atoms with van der Waals surface area (Å²) >= 11 is 0. The molecule has 5 nitrogen and oxygen atoms in total. The number of aliphatic carboxylic acids is 1. The molecule has 21 heavy (non-hydrogen) atoms. The van der Waals surface area contributed by atoms with Crippen LogP contribution in [-0.2, 0) is 9.59 Å². The third kappa shape index (κ3) is 7.97. The molecule has 0 bridgehead atoms. The second kappa shape index (κ2) is 9.80. The lowest BCUT2D eigenvalue weighted by Gasteiger charge is -2.12. The normalized spacial score (nSPS) is 11.7. The van der Waals surface area contributed by atoms with E-state index in [0.717, 1.165) is 5.75 Å². The minimum absolute atomic E-state index is 0.0120. The van der Waals surface area contributed by atoms with Crippen molar-refractivity contribution in [3.63, 3.8) is 0 Å². The van der Waals surface area contributed by atoms with Crippen LogP contribution in [0.4, 0.5) is 0 Å². The monoisotopic (exact) mass is 293 g/mol. The van der Waals surface area contributed by atoms with E-state index in [2.05, 4.69) is 5.32 Å². The predicted octanol–water partition coefficient (Wildman–Crippen LogP) is 2.46. The molecule has 1 aromatic rings. The van der Waals surface area contributed by atoms with E-state index < -0.39 is 5.97 Å². The minimum atomic E-state index is -0.798. The highest BCUT2D eigenvalue weighted by molar-refractivity contribution is 5.78. The Balaban J connectivity index is 2.09. The van der Waals surface area contributed by atoms with Crippen molar-refractivity contribution in [2.24, 2.45) is 5.92 Å². The molecule has 0 saturated heterocycles. The number of amides is 1. The number of rotatable bonds is 10. The van der Waals surface area contributed by atoms with Crippen LogP contribution < -0.4 is 10.1 Å². The lowest BCUT2D eigenvalue weighted by molar-refractivity contribution is -0.137. The summed E-state index contributed by atoms with van der Waals surface area (Å²) in [6, 6.07) is 9.50. The van der Waals surface area contributed by atoms with Gasteiger partial charge >= 0.3 is 5.97 Å². The lowest BCUT2D eigenvalue weighted by Crippen LogP contribution is -2.30. The summed E-state index contributed by atoms with van der Waals surface area (Å²) in [5.41, 5.74) is 0. The molecule has 1 unspecified atom stereocenters. The first-order valence-electron chi connectivity index (χ1n) is 7.27. The summed E-state index contributed by atoms with van der Waals surface area (Å²) in [5, 5.41) is 11.3. The van der Waals surface area contributed by atoms with Crippen molar-refractivity contribution in [1.29, 1.82) is 0 Å². The molecule has 0 aliphatic carbocycles. The van der Waals surface area contributed by atoms with Gasteiger partial charge in [-0.3, -0.25) is 9.59 Å². The van der Waals surface area contributed by atoms with Crippen molar-refractivity contribution in [2.45, 2.75) is 32.6 Å². The molecule has 0 saturated carbocycles. The molecule has 0 spiro atoms. The third-order valence-electron chi connectivity index (χ3n) is 3.13.